The fourth-order valence-corrected chi connectivity index (χ4v) is 3.80. The summed E-state index contributed by atoms with van der Waals surface area (Å²) in [6.07, 6.45) is 1.66. The van der Waals surface area contributed by atoms with E-state index in [1.165, 1.54) is 0 Å². The predicted octanol–water partition coefficient (Wildman–Crippen LogP) is 1.58. The third-order valence-electron chi connectivity index (χ3n) is 3.28. The van der Waals surface area contributed by atoms with Crippen LogP contribution in [0.1, 0.15) is 45.1 Å². The maximum absolute atomic E-state index is 11.8. The highest BCUT2D eigenvalue weighted by Crippen LogP contribution is 2.22. The molecule has 0 aromatic carbocycles. The lowest BCUT2D eigenvalue weighted by atomic mass is 9.91. The SMILES string of the molecule is CC(C)(C)Cc1cc(CNC2CC(O)CC[S+]2[O-])no1. The van der Waals surface area contributed by atoms with Crippen LogP contribution in [0, 0.1) is 5.41 Å². The lowest BCUT2D eigenvalue weighted by Crippen LogP contribution is -2.44. The van der Waals surface area contributed by atoms with E-state index in [0.717, 1.165) is 17.9 Å². The van der Waals surface area contributed by atoms with Crippen molar-refractivity contribution >= 4 is 11.2 Å². The van der Waals surface area contributed by atoms with E-state index in [2.05, 4.69) is 31.2 Å². The number of aliphatic hydroxyl groups is 1. The number of rotatable bonds is 4. The van der Waals surface area contributed by atoms with Crippen LogP contribution in [0.25, 0.3) is 0 Å². The molecule has 1 fully saturated rings. The molecule has 1 aromatic heterocycles. The van der Waals surface area contributed by atoms with Crippen molar-refractivity contribution in [3.8, 4) is 0 Å². The van der Waals surface area contributed by atoms with Gasteiger partial charge in [0, 0.05) is 31.9 Å². The number of nitrogens with zero attached hydrogens (tertiary/aromatic N) is 1. The molecular weight excluding hydrogens is 276 g/mol. The summed E-state index contributed by atoms with van der Waals surface area (Å²) in [6, 6.07) is 1.94. The summed E-state index contributed by atoms with van der Waals surface area (Å²) in [6.45, 7) is 6.98. The van der Waals surface area contributed by atoms with E-state index in [0.29, 0.717) is 25.1 Å². The molecule has 0 aliphatic carbocycles. The zero-order valence-corrected chi connectivity index (χ0v) is 13.2. The number of aromatic nitrogens is 1. The van der Waals surface area contributed by atoms with Crippen molar-refractivity contribution in [3.63, 3.8) is 0 Å². The summed E-state index contributed by atoms with van der Waals surface area (Å²) in [7, 11) is 0. The van der Waals surface area contributed by atoms with E-state index in [9.17, 15) is 9.66 Å². The van der Waals surface area contributed by atoms with E-state index < -0.39 is 11.2 Å². The third kappa shape index (κ3) is 4.77. The molecule has 0 saturated carbocycles. The summed E-state index contributed by atoms with van der Waals surface area (Å²) in [5.41, 5.74) is 0.987. The first-order valence-corrected chi connectivity index (χ1v) is 8.45. The highest BCUT2D eigenvalue weighted by Gasteiger charge is 2.31. The lowest BCUT2D eigenvalue weighted by Gasteiger charge is -2.29. The molecule has 114 valence electrons. The molecule has 6 heteroatoms. The second kappa shape index (κ2) is 6.47. The van der Waals surface area contributed by atoms with Gasteiger partial charge in [0.25, 0.3) is 0 Å². The molecule has 1 aliphatic heterocycles. The summed E-state index contributed by atoms with van der Waals surface area (Å²) in [5, 5.41) is 16.7. The Morgan fingerprint density at radius 2 is 2.30 bits per heavy atom. The van der Waals surface area contributed by atoms with E-state index in [-0.39, 0.29) is 16.9 Å². The van der Waals surface area contributed by atoms with Gasteiger partial charge in [-0.3, -0.25) is 5.32 Å². The van der Waals surface area contributed by atoms with Gasteiger partial charge in [-0.2, -0.15) is 0 Å². The Hall–Kier alpha value is -0.560. The number of nitrogens with one attached hydrogen (secondary N) is 1. The molecule has 20 heavy (non-hydrogen) atoms. The van der Waals surface area contributed by atoms with E-state index in [1.54, 1.807) is 0 Å². The second-order valence-electron chi connectivity index (χ2n) is 6.65. The minimum atomic E-state index is -0.911. The first-order chi connectivity index (χ1) is 9.33. The maximum Gasteiger partial charge on any atom is 0.169 e. The zero-order valence-electron chi connectivity index (χ0n) is 12.4. The predicted molar refractivity (Wildman–Crippen MR) is 78.5 cm³/mol. The van der Waals surface area contributed by atoms with Gasteiger partial charge in [0.2, 0.25) is 0 Å². The average Bonchev–Trinajstić information content (AvgIpc) is 2.75. The molecule has 2 rings (SSSR count). The Balaban J connectivity index is 1.84. The largest absolute Gasteiger partial charge is 0.615 e. The highest BCUT2D eigenvalue weighted by atomic mass is 32.2. The van der Waals surface area contributed by atoms with Crippen LogP contribution in [-0.2, 0) is 24.1 Å². The Kier molecular flexibility index (Phi) is 5.12. The Bertz CT molecular complexity index is 430. The maximum atomic E-state index is 11.8. The minimum Gasteiger partial charge on any atom is -0.615 e. The number of hydrogen-bond donors (Lipinski definition) is 2. The van der Waals surface area contributed by atoms with Gasteiger partial charge in [-0.1, -0.05) is 25.9 Å². The van der Waals surface area contributed by atoms with Crippen molar-refractivity contribution in [2.24, 2.45) is 5.41 Å². The van der Waals surface area contributed by atoms with Gasteiger partial charge in [-0.05, 0) is 16.6 Å². The normalized spacial score (nSPS) is 27.8. The molecule has 1 saturated heterocycles. The van der Waals surface area contributed by atoms with E-state index >= 15 is 0 Å². The molecule has 5 nitrogen and oxygen atoms in total. The van der Waals surface area contributed by atoms with Gasteiger partial charge >= 0.3 is 0 Å². The van der Waals surface area contributed by atoms with Crippen molar-refractivity contribution in [1.29, 1.82) is 0 Å². The second-order valence-corrected chi connectivity index (χ2v) is 8.39. The standard InChI is InChI=1S/C14H24N2O3S/c1-14(2,3)8-12-6-10(16-19-12)9-15-13-7-11(17)4-5-20(13)18/h6,11,13,15,17H,4-5,7-9H2,1-3H3. The molecule has 0 amide bonds. The fraction of sp³-hybridized carbons (Fsp3) is 0.786. The van der Waals surface area contributed by atoms with Crippen LogP contribution in [0.4, 0.5) is 0 Å². The summed E-state index contributed by atoms with van der Waals surface area (Å²) in [5.74, 6) is 1.44. The molecule has 0 spiro atoms. The minimum absolute atomic E-state index is 0.151. The van der Waals surface area contributed by atoms with Crippen LogP contribution in [0.3, 0.4) is 0 Å². The molecule has 2 N–H and O–H groups in total. The molecule has 2 heterocycles. The topological polar surface area (TPSA) is 81.3 Å². The molecule has 3 unspecified atom stereocenters. The Labute approximate surface area is 123 Å². The third-order valence-corrected chi connectivity index (χ3v) is 4.91. The van der Waals surface area contributed by atoms with Gasteiger partial charge in [0.1, 0.15) is 11.5 Å². The summed E-state index contributed by atoms with van der Waals surface area (Å²) in [4.78, 5) is 0. The highest BCUT2D eigenvalue weighted by molar-refractivity contribution is 7.92. The Morgan fingerprint density at radius 3 is 3.00 bits per heavy atom. The van der Waals surface area contributed by atoms with Crippen molar-refractivity contribution in [1.82, 2.24) is 10.5 Å². The average molecular weight is 300 g/mol. The molecule has 0 radical (unpaired) electrons. The zero-order chi connectivity index (χ0) is 14.8. The van der Waals surface area contributed by atoms with Crippen LogP contribution in [-0.4, -0.2) is 32.0 Å². The van der Waals surface area contributed by atoms with Crippen LogP contribution < -0.4 is 5.32 Å². The first-order valence-electron chi connectivity index (χ1n) is 7.06. The lowest BCUT2D eigenvalue weighted by molar-refractivity contribution is 0.149. The van der Waals surface area contributed by atoms with Crippen LogP contribution in [0.5, 0.6) is 0 Å². The van der Waals surface area contributed by atoms with Crippen LogP contribution in [0.15, 0.2) is 10.6 Å². The summed E-state index contributed by atoms with van der Waals surface area (Å²) >= 11 is -0.911. The number of hydrogen-bond acceptors (Lipinski definition) is 5. The van der Waals surface area contributed by atoms with Gasteiger partial charge in [0.05, 0.1) is 11.8 Å². The molecule has 1 aliphatic rings. The summed E-state index contributed by atoms with van der Waals surface area (Å²) < 4.78 is 17.2. The van der Waals surface area contributed by atoms with E-state index in [1.807, 2.05) is 6.07 Å². The van der Waals surface area contributed by atoms with E-state index in [4.69, 9.17) is 4.52 Å². The molecule has 1 aromatic rings. The van der Waals surface area contributed by atoms with Crippen molar-refractivity contribution < 1.29 is 14.2 Å². The quantitative estimate of drug-likeness (QED) is 0.825. The van der Waals surface area contributed by atoms with Crippen LogP contribution in [0.2, 0.25) is 0 Å². The van der Waals surface area contributed by atoms with Gasteiger partial charge in [0.15, 0.2) is 5.37 Å². The van der Waals surface area contributed by atoms with Crippen molar-refractivity contribution in [3.05, 3.63) is 17.5 Å². The fourth-order valence-electron chi connectivity index (χ4n) is 2.31. The smallest absolute Gasteiger partial charge is 0.169 e. The van der Waals surface area contributed by atoms with Gasteiger partial charge < -0.3 is 14.2 Å². The molecular formula is C14H24N2O3S. The van der Waals surface area contributed by atoms with Gasteiger partial charge in [-0.15, -0.1) is 0 Å². The molecule has 3 atom stereocenters. The first kappa shape index (κ1) is 15.8. The Morgan fingerprint density at radius 1 is 1.55 bits per heavy atom. The monoisotopic (exact) mass is 300 g/mol. The molecule has 0 bridgehead atoms. The van der Waals surface area contributed by atoms with Crippen LogP contribution >= 0.6 is 0 Å². The van der Waals surface area contributed by atoms with Crippen molar-refractivity contribution in [2.45, 2.75) is 58.1 Å². The number of aliphatic hydroxyl groups excluding tert-OH is 1. The van der Waals surface area contributed by atoms with Crippen molar-refractivity contribution in [2.75, 3.05) is 5.75 Å². The van der Waals surface area contributed by atoms with Gasteiger partial charge in [-0.25, -0.2) is 0 Å².